The van der Waals surface area contributed by atoms with Crippen LogP contribution in [0, 0.1) is 6.92 Å². The first-order valence-corrected chi connectivity index (χ1v) is 7.75. The predicted molar refractivity (Wildman–Crippen MR) is 78.6 cm³/mol. The third-order valence-corrected chi connectivity index (χ3v) is 3.80. The standard InChI is InChI=1S/C12H21N7S/c1-10(2)13-5-7-19-12(15-16-17-19)20-9-8-18-6-4-14-11(18)3/h4,6,10,13H,5,7-9H2,1-3H3. The molecule has 0 atom stereocenters. The second-order valence-corrected chi connectivity index (χ2v) is 5.87. The lowest BCUT2D eigenvalue weighted by molar-refractivity contribution is 0.485. The summed E-state index contributed by atoms with van der Waals surface area (Å²) in [4.78, 5) is 4.21. The molecule has 0 saturated heterocycles. The zero-order valence-corrected chi connectivity index (χ0v) is 13.0. The SMILES string of the molecule is Cc1nccn1CCSc1nnnn1CCNC(C)C. The minimum Gasteiger partial charge on any atom is -0.334 e. The molecule has 1 N–H and O–H groups in total. The fourth-order valence-electron chi connectivity index (χ4n) is 1.77. The van der Waals surface area contributed by atoms with E-state index in [0.717, 1.165) is 36.4 Å². The second-order valence-electron chi connectivity index (χ2n) is 4.81. The maximum Gasteiger partial charge on any atom is 0.209 e. The van der Waals surface area contributed by atoms with Crippen LogP contribution in [-0.4, -0.2) is 48.1 Å². The summed E-state index contributed by atoms with van der Waals surface area (Å²) in [6, 6.07) is 0.479. The minimum absolute atomic E-state index is 0.479. The normalized spacial score (nSPS) is 11.4. The molecule has 0 radical (unpaired) electrons. The molecule has 2 heterocycles. The van der Waals surface area contributed by atoms with Gasteiger partial charge in [-0.3, -0.25) is 0 Å². The lowest BCUT2D eigenvalue weighted by Gasteiger charge is -2.08. The van der Waals surface area contributed by atoms with E-state index in [0.29, 0.717) is 6.04 Å². The van der Waals surface area contributed by atoms with Gasteiger partial charge in [0.2, 0.25) is 5.16 Å². The third-order valence-electron chi connectivity index (χ3n) is 2.86. The van der Waals surface area contributed by atoms with Crippen molar-refractivity contribution in [2.75, 3.05) is 12.3 Å². The Kier molecular flexibility index (Phi) is 5.54. The monoisotopic (exact) mass is 295 g/mol. The summed E-state index contributed by atoms with van der Waals surface area (Å²) in [6.07, 6.45) is 3.81. The number of imidazole rings is 1. The quantitative estimate of drug-likeness (QED) is 0.732. The molecular formula is C12H21N7S. The molecule has 0 fully saturated rings. The first kappa shape index (κ1) is 15.0. The Bertz CT molecular complexity index is 519. The van der Waals surface area contributed by atoms with Crippen LogP contribution in [0.2, 0.25) is 0 Å². The van der Waals surface area contributed by atoms with Gasteiger partial charge in [-0.2, -0.15) is 0 Å². The number of hydrogen-bond donors (Lipinski definition) is 1. The summed E-state index contributed by atoms with van der Waals surface area (Å²) in [5, 5.41) is 16.1. The van der Waals surface area contributed by atoms with Crippen LogP contribution in [-0.2, 0) is 13.1 Å². The summed E-state index contributed by atoms with van der Waals surface area (Å²) < 4.78 is 3.97. The molecule has 0 bridgehead atoms. The molecule has 0 spiro atoms. The first-order valence-electron chi connectivity index (χ1n) is 6.77. The van der Waals surface area contributed by atoms with Gasteiger partial charge in [-0.05, 0) is 17.4 Å². The molecule has 2 aromatic rings. The molecule has 0 aliphatic heterocycles. The van der Waals surface area contributed by atoms with Gasteiger partial charge in [0, 0.05) is 37.3 Å². The van der Waals surface area contributed by atoms with Crippen LogP contribution in [0.3, 0.4) is 0 Å². The highest BCUT2D eigenvalue weighted by Gasteiger charge is 2.07. The Balaban J connectivity index is 1.78. The van der Waals surface area contributed by atoms with Gasteiger partial charge in [0.25, 0.3) is 0 Å². The van der Waals surface area contributed by atoms with Crippen LogP contribution in [0.1, 0.15) is 19.7 Å². The largest absolute Gasteiger partial charge is 0.334 e. The summed E-state index contributed by atoms with van der Waals surface area (Å²) in [5.74, 6) is 1.96. The number of nitrogens with zero attached hydrogens (tertiary/aromatic N) is 6. The van der Waals surface area contributed by atoms with Crippen LogP contribution in [0.25, 0.3) is 0 Å². The third kappa shape index (κ3) is 4.31. The van der Waals surface area contributed by atoms with Gasteiger partial charge >= 0.3 is 0 Å². The maximum atomic E-state index is 4.21. The van der Waals surface area contributed by atoms with Gasteiger partial charge < -0.3 is 9.88 Å². The van der Waals surface area contributed by atoms with Crippen molar-refractivity contribution in [1.82, 2.24) is 35.1 Å². The number of hydrogen-bond acceptors (Lipinski definition) is 6. The lowest BCUT2D eigenvalue weighted by Crippen LogP contribution is -2.27. The number of thioether (sulfide) groups is 1. The fourth-order valence-corrected chi connectivity index (χ4v) is 2.62. The van der Waals surface area contributed by atoms with E-state index in [-0.39, 0.29) is 0 Å². The Labute approximate surface area is 123 Å². The Hall–Kier alpha value is -1.41. The highest BCUT2D eigenvalue weighted by Crippen LogP contribution is 2.14. The van der Waals surface area contributed by atoms with Crippen LogP contribution in [0.4, 0.5) is 0 Å². The number of tetrazole rings is 1. The van der Waals surface area contributed by atoms with Crippen molar-refractivity contribution in [2.24, 2.45) is 0 Å². The maximum absolute atomic E-state index is 4.21. The molecule has 0 amide bonds. The molecule has 2 rings (SSSR count). The number of aromatic nitrogens is 6. The van der Waals surface area contributed by atoms with Crippen LogP contribution in [0.5, 0.6) is 0 Å². The van der Waals surface area contributed by atoms with Gasteiger partial charge in [0.1, 0.15) is 5.82 Å². The first-order chi connectivity index (χ1) is 9.66. The van der Waals surface area contributed by atoms with E-state index < -0.39 is 0 Å². The highest BCUT2D eigenvalue weighted by molar-refractivity contribution is 7.99. The predicted octanol–water partition coefficient (Wildman–Crippen LogP) is 0.968. The van der Waals surface area contributed by atoms with E-state index in [1.165, 1.54) is 0 Å². The van der Waals surface area contributed by atoms with Crippen LogP contribution >= 0.6 is 11.8 Å². The highest BCUT2D eigenvalue weighted by atomic mass is 32.2. The van der Waals surface area contributed by atoms with E-state index in [2.05, 4.69) is 44.2 Å². The molecule has 2 aromatic heterocycles. The zero-order valence-electron chi connectivity index (χ0n) is 12.2. The number of aryl methyl sites for hydroxylation is 2. The molecular weight excluding hydrogens is 274 g/mol. The average Bonchev–Trinajstić information content (AvgIpc) is 3.00. The van der Waals surface area contributed by atoms with Crippen LogP contribution < -0.4 is 5.32 Å². The number of nitrogens with one attached hydrogen (secondary N) is 1. The Morgan fingerprint density at radius 1 is 1.35 bits per heavy atom. The van der Waals surface area contributed by atoms with Gasteiger partial charge in [0.05, 0.1) is 6.54 Å². The van der Waals surface area contributed by atoms with Crippen molar-refractivity contribution in [3.05, 3.63) is 18.2 Å². The molecule has 20 heavy (non-hydrogen) atoms. The molecule has 0 aliphatic rings. The van der Waals surface area contributed by atoms with Crippen molar-refractivity contribution >= 4 is 11.8 Å². The van der Waals surface area contributed by atoms with Crippen LogP contribution in [0.15, 0.2) is 17.6 Å². The van der Waals surface area contributed by atoms with Gasteiger partial charge in [0.15, 0.2) is 0 Å². The lowest BCUT2D eigenvalue weighted by atomic mass is 10.4. The minimum atomic E-state index is 0.479. The van der Waals surface area contributed by atoms with Crippen molar-refractivity contribution in [2.45, 2.75) is 45.1 Å². The van der Waals surface area contributed by atoms with Gasteiger partial charge in [-0.25, -0.2) is 9.67 Å². The smallest absolute Gasteiger partial charge is 0.209 e. The fraction of sp³-hybridized carbons (Fsp3) is 0.667. The Morgan fingerprint density at radius 2 is 2.20 bits per heavy atom. The van der Waals surface area contributed by atoms with Gasteiger partial charge in [-0.15, -0.1) is 5.10 Å². The van der Waals surface area contributed by atoms with Crippen molar-refractivity contribution in [3.63, 3.8) is 0 Å². The Morgan fingerprint density at radius 3 is 2.90 bits per heavy atom. The average molecular weight is 295 g/mol. The van der Waals surface area contributed by atoms with E-state index in [1.54, 1.807) is 11.8 Å². The van der Waals surface area contributed by atoms with E-state index in [4.69, 9.17) is 0 Å². The van der Waals surface area contributed by atoms with Crippen molar-refractivity contribution < 1.29 is 0 Å². The zero-order chi connectivity index (χ0) is 14.4. The molecule has 0 unspecified atom stereocenters. The number of rotatable bonds is 8. The van der Waals surface area contributed by atoms with E-state index >= 15 is 0 Å². The second kappa shape index (κ2) is 7.39. The molecule has 0 aromatic carbocycles. The topological polar surface area (TPSA) is 73.5 Å². The van der Waals surface area contributed by atoms with E-state index in [9.17, 15) is 0 Å². The van der Waals surface area contributed by atoms with Gasteiger partial charge in [-0.1, -0.05) is 25.6 Å². The molecule has 0 aliphatic carbocycles. The molecule has 0 saturated carbocycles. The summed E-state index contributed by atoms with van der Waals surface area (Å²) in [5.41, 5.74) is 0. The summed E-state index contributed by atoms with van der Waals surface area (Å²) >= 11 is 1.67. The summed E-state index contributed by atoms with van der Waals surface area (Å²) in [7, 11) is 0. The van der Waals surface area contributed by atoms with Crippen molar-refractivity contribution in [1.29, 1.82) is 0 Å². The molecule has 110 valence electrons. The molecule has 7 nitrogen and oxygen atoms in total. The summed E-state index contributed by atoms with van der Waals surface area (Å²) in [6.45, 7) is 8.83. The van der Waals surface area contributed by atoms with Crippen molar-refractivity contribution in [3.8, 4) is 0 Å². The molecule has 8 heteroatoms. The van der Waals surface area contributed by atoms with E-state index in [1.807, 2.05) is 24.0 Å².